The van der Waals surface area contributed by atoms with E-state index in [0.29, 0.717) is 0 Å². The van der Waals surface area contributed by atoms with E-state index in [4.69, 9.17) is 0 Å². The third-order valence-electron chi connectivity index (χ3n) is 3.85. The molecule has 1 aromatic heterocycles. The van der Waals surface area contributed by atoms with E-state index in [1.807, 2.05) is 18.2 Å². The van der Waals surface area contributed by atoms with E-state index in [0.717, 1.165) is 29.2 Å². The van der Waals surface area contributed by atoms with E-state index in [-0.39, 0.29) is 12.4 Å². The van der Waals surface area contributed by atoms with Crippen molar-refractivity contribution in [3.05, 3.63) is 30.6 Å². The van der Waals surface area contributed by atoms with E-state index in [1.54, 1.807) is 6.33 Å². The molecule has 2 heterocycles. The van der Waals surface area contributed by atoms with Gasteiger partial charge in [-0.1, -0.05) is 12.1 Å². The molecule has 1 aromatic carbocycles. The van der Waals surface area contributed by atoms with Gasteiger partial charge in [0.2, 0.25) is 0 Å². The minimum Gasteiger partial charge on any atom is -0.369 e. The number of piperidine rings is 1. The van der Waals surface area contributed by atoms with Crippen LogP contribution in [0.15, 0.2) is 30.6 Å². The van der Waals surface area contributed by atoms with Gasteiger partial charge in [0.1, 0.15) is 12.1 Å². The van der Waals surface area contributed by atoms with Crippen molar-refractivity contribution in [3.8, 4) is 0 Å². The fourth-order valence-electron chi connectivity index (χ4n) is 2.71. The molecule has 0 amide bonds. The van der Waals surface area contributed by atoms with Crippen LogP contribution in [-0.2, 0) is 0 Å². The number of aromatic nitrogens is 2. The van der Waals surface area contributed by atoms with Gasteiger partial charge in [-0.05, 0) is 50.4 Å². The van der Waals surface area contributed by atoms with Crippen molar-refractivity contribution >= 4 is 29.1 Å². The van der Waals surface area contributed by atoms with Gasteiger partial charge in [-0.25, -0.2) is 9.97 Å². The van der Waals surface area contributed by atoms with Crippen molar-refractivity contribution in [3.63, 3.8) is 0 Å². The highest BCUT2D eigenvalue weighted by atomic mass is 35.5. The number of nitrogens with zero attached hydrogens (tertiary/aromatic N) is 2. The maximum atomic E-state index is 4.35. The van der Waals surface area contributed by atoms with Crippen LogP contribution in [0.2, 0.25) is 0 Å². The first-order valence-corrected chi connectivity index (χ1v) is 7.08. The number of para-hydroxylation sites is 1. The molecule has 2 N–H and O–H groups in total. The van der Waals surface area contributed by atoms with Crippen LogP contribution < -0.4 is 10.6 Å². The first kappa shape index (κ1) is 15.0. The SMILES string of the molecule is Cl.c1ccc2c(NCCC3CCNCC3)ncnc2c1. The molecular weight excluding hydrogens is 272 g/mol. The van der Waals surface area contributed by atoms with Gasteiger partial charge >= 0.3 is 0 Å². The second-order valence-corrected chi connectivity index (χ2v) is 5.15. The molecule has 4 nitrogen and oxygen atoms in total. The van der Waals surface area contributed by atoms with Gasteiger partial charge in [-0.15, -0.1) is 12.4 Å². The van der Waals surface area contributed by atoms with Crippen LogP contribution >= 0.6 is 12.4 Å². The van der Waals surface area contributed by atoms with Crippen molar-refractivity contribution in [2.24, 2.45) is 5.92 Å². The molecule has 3 rings (SSSR count). The van der Waals surface area contributed by atoms with Crippen molar-refractivity contribution in [2.45, 2.75) is 19.3 Å². The molecule has 0 saturated carbocycles. The van der Waals surface area contributed by atoms with Gasteiger partial charge in [0.05, 0.1) is 5.52 Å². The van der Waals surface area contributed by atoms with Crippen LogP contribution in [0.4, 0.5) is 5.82 Å². The number of nitrogens with one attached hydrogen (secondary N) is 2. The first-order valence-electron chi connectivity index (χ1n) is 7.08. The summed E-state index contributed by atoms with van der Waals surface area (Å²) in [6, 6.07) is 8.13. The molecule has 1 fully saturated rings. The highest BCUT2D eigenvalue weighted by Crippen LogP contribution is 2.20. The molecule has 2 aromatic rings. The molecule has 108 valence electrons. The normalized spacial score (nSPS) is 15.8. The number of hydrogen-bond acceptors (Lipinski definition) is 4. The molecule has 0 aliphatic carbocycles. The second kappa shape index (κ2) is 7.41. The second-order valence-electron chi connectivity index (χ2n) is 5.15. The Labute approximate surface area is 125 Å². The number of anilines is 1. The zero-order valence-electron chi connectivity index (χ0n) is 11.5. The Kier molecular flexibility index (Phi) is 5.56. The topological polar surface area (TPSA) is 49.8 Å². The van der Waals surface area contributed by atoms with Crippen molar-refractivity contribution in [2.75, 3.05) is 25.0 Å². The van der Waals surface area contributed by atoms with Gasteiger partial charge in [0.15, 0.2) is 0 Å². The molecule has 0 bridgehead atoms. The number of rotatable bonds is 4. The Morgan fingerprint density at radius 1 is 1.15 bits per heavy atom. The zero-order chi connectivity index (χ0) is 12.9. The van der Waals surface area contributed by atoms with Crippen molar-refractivity contribution < 1.29 is 0 Å². The molecular formula is C15H21ClN4. The highest BCUT2D eigenvalue weighted by Gasteiger charge is 2.12. The summed E-state index contributed by atoms with van der Waals surface area (Å²) in [6.07, 6.45) is 5.45. The van der Waals surface area contributed by atoms with E-state index < -0.39 is 0 Å². The number of halogens is 1. The maximum absolute atomic E-state index is 4.35. The summed E-state index contributed by atoms with van der Waals surface area (Å²) in [5.74, 6) is 1.81. The summed E-state index contributed by atoms with van der Waals surface area (Å²) < 4.78 is 0. The van der Waals surface area contributed by atoms with Gasteiger partial charge in [0.25, 0.3) is 0 Å². The average molecular weight is 293 g/mol. The Bertz CT molecular complexity index is 535. The summed E-state index contributed by atoms with van der Waals surface area (Å²) in [6.45, 7) is 3.33. The molecule has 0 unspecified atom stereocenters. The highest BCUT2D eigenvalue weighted by molar-refractivity contribution is 5.88. The molecule has 0 spiro atoms. The Morgan fingerprint density at radius 3 is 2.80 bits per heavy atom. The number of benzene rings is 1. The Balaban J connectivity index is 0.00000147. The van der Waals surface area contributed by atoms with E-state index >= 15 is 0 Å². The molecule has 5 heteroatoms. The van der Waals surface area contributed by atoms with Crippen LogP contribution in [0.3, 0.4) is 0 Å². The molecule has 1 saturated heterocycles. The summed E-state index contributed by atoms with van der Waals surface area (Å²) in [5, 5.41) is 7.98. The van der Waals surface area contributed by atoms with Crippen molar-refractivity contribution in [1.82, 2.24) is 15.3 Å². The predicted molar refractivity (Wildman–Crippen MR) is 85.5 cm³/mol. The van der Waals surface area contributed by atoms with Crippen LogP contribution in [-0.4, -0.2) is 29.6 Å². The fourth-order valence-corrected chi connectivity index (χ4v) is 2.71. The zero-order valence-corrected chi connectivity index (χ0v) is 12.3. The van der Waals surface area contributed by atoms with Crippen molar-refractivity contribution in [1.29, 1.82) is 0 Å². The third kappa shape index (κ3) is 3.58. The van der Waals surface area contributed by atoms with Crippen LogP contribution in [0.5, 0.6) is 0 Å². The first-order chi connectivity index (χ1) is 9.43. The van der Waals surface area contributed by atoms with Crippen LogP contribution in [0.25, 0.3) is 10.9 Å². The van der Waals surface area contributed by atoms with E-state index in [2.05, 4.69) is 26.7 Å². The Morgan fingerprint density at radius 2 is 1.95 bits per heavy atom. The average Bonchev–Trinajstić information content (AvgIpc) is 2.49. The lowest BCUT2D eigenvalue weighted by atomic mass is 9.95. The minimum atomic E-state index is 0. The molecule has 1 aliphatic rings. The maximum Gasteiger partial charge on any atom is 0.137 e. The molecule has 1 aliphatic heterocycles. The quantitative estimate of drug-likeness (QED) is 0.910. The standard InChI is InChI=1S/C15H20N4.ClH/c1-2-4-14-13(3-1)15(19-11-18-14)17-10-7-12-5-8-16-9-6-12;/h1-4,11-12,16H,5-10H2,(H,17,18,19);1H. The van der Waals surface area contributed by atoms with Crippen LogP contribution in [0.1, 0.15) is 19.3 Å². The number of hydrogen-bond donors (Lipinski definition) is 2. The molecule has 0 radical (unpaired) electrons. The summed E-state index contributed by atoms with van der Waals surface area (Å²) in [4.78, 5) is 8.64. The third-order valence-corrected chi connectivity index (χ3v) is 3.85. The lowest BCUT2D eigenvalue weighted by Crippen LogP contribution is -2.28. The number of fused-ring (bicyclic) bond motifs is 1. The molecule has 0 atom stereocenters. The molecule has 20 heavy (non-hydrogen) atoms. The van der Waals surface area contributed by atoms with E-state index in [9.17, 15) is 0 Å². The fraction of sp³-hybridized carbons (Fsp3) is 0.467. The summed E-state index contributed by atoms with van der Waals surface area (Å²) in [5.41, 5.74) is 1.00. The largest absolute Gasteiger partial charge is 0.369 e. The lowest BCUT2D eigenvalue weighted by Gasteiger charge is -2.22. The summed E-state index contributed by atoms with van der Waals surface area (Å²) >= 11 is 0. The smallest absolute Gasteiger partial charge is 0.137 e. The predicted octanol–water partition coefficient (Wildman–Crippen LogP) is 2.85. The Hall–Kier alpha value is -1.39. The van der Waals surface area contributed by atoms with Gasteiger partial charge in [-0.2, -0.15) is 0 Å². The van der Waals surface area contributed by atoms with Gasteiger partial charge < -0.3 is 10.6 Å². The van der Waals surface area contributed by atoms with E-state index in [1.165, 1.54) is 32.4 Å². The lowest BCUT2D eigenvalue weighted by molar-refractivity contribution is 0.361. The summed E-state index contributed by atoms with van der Waals surface area (Å²) in [7, 11) is 0. The monoisotopic (exact) mass is 292 g/mol. The minimum absolute atomic E-state index is 0. The van der Waals surface area contributed by atoms with Crippen LogP contribution in [0, 0.1) is 5.92 Å². The van der Waals surface area contributed by atoms with Gasteiger partial charge in [-0.3, -0.25) is 0 Å². The van der Waals surface area contributed by atoms with Gasteiger partial charge in [0, 0.05) is 11.9 Å².